The number of aromatic nitrogens is 2. The molecule has 1 aromatic rings. The van der Waals surface area contributed by atoms with Gasteiger partial charge in [0, 0.05) is 20.1 Å². The zero-order valence-corrected chi connectivity index (χ0v) is 12.3. The van der Waals surface area contributed by atoms with E-state index in [-0.39, 0.29) is 5.91 Å². The van der Waals surface area contributed by atoms with Gasteiger partial charge >= 0.3 is 0 Å². The van der Waals surface area contributed by atoms with Crippen LogP contribution in [0.5, 0.6) is 0 Å². The Bertz CT molecular complexity index is 379. The summed E-state index contributed by atoms with van der Waals surface area (Å²) in [5, 5.41) is 12.0. The molecular weight excluding hydrogens is 250 g/mol. The minimum Gasteiger partial charge on any atom is -0.360 e. The molecule has 0 saturated heterocycles. The third kappa shape index (κ3) is 4.58. The van der Waals surface area contributed by atoms with Gasteiger partial charge in [0.25, 0.3) is 5.91 Å². The Labute approximate surface area is 112 Å². The van der Waals surface area contributed by atoms with Crippen LogP contribution in [0.3, 0.4) is 0 Å². The van der Waals surface area contributed by atoms with Crippen LogP contribution < -0.4 is 5.32 Å². The first-order valence-corrected chi connectivity index (χ1v) is 6.83. The summed E-state index contributed by atoms with van der Waals surface area (Å²) < 4.78 is 0. The fourth-order valence-electron chi connectivity index (χ4n) is 1.42. The zero-order chi connectivity index (χ0) is 13.5. The van der Waals surface area contributed by atoms with Crippen LogP contribution in [-0.2, 0) is 0 Å². The van der Waals surface area contributed by atoms with Crippen LogP contribution in [0.2, 0.25) is 0 Å². The fraction of sp³-hybridized carbons (Fsp3) is 0.727. The van der Waals surface area contributed by atoms with Crippen molar-refractivity contribution in [2.45, 2.75) is 13.3 Å². The lowest BCUT2D eigenvalue weighted by atomic mass is 10.3. The smallest absolute Gasteiger partial charge is 0.284 e. The van der Waals surface area contributed by atoms with Gasteiger partial charge < -0.3 is 15.1 Å². The first-order chi connectivity index (χ1) is 8.54. The van der Waals surface area contributed by atoms with Gasteiger partial charge in [0.05, 0.1) is 0 Å². The highest BCUT2D eigenvalue weighted by atomic mass is 32.1. The van der Waals surface area contributed by atoms with Gasteiger partial charge in [-0.25, -0.2) is 0 Å². The van der Waals surface area contributed by atoms with E-state index < -0.39 is 0 Å². The average Bonchev–Trinajstić information content (AvgIpc) is 2.76. The molecule has 18 heavy (non-hydrogen) atoms. The molecular formula is C11H21N5OS. The van der Waals surface area contributed by atoms with E-state index in [1.165, 1.54) is 11.3 Å². The van der Waals surface area contributed by atoms with Gasteiger partial charge in [-0.3, -0.25) is 4.79 Å². The molecule has 0 aromatic carbocycles. The molecule has 1 aromatic heterocycles. The number of nitrogens with one attached hydrogen (secondary N) is 1. The fourth-order valence-corrected chi connectivity index (χ4v) is 2.23. The molecule has 1 heterocycles. The maximum Gasteiger partial charge on any atom is 0.284 e. The van der Waals surface area contributed by atoms with Crippen LogP contribution >= 0.6 is 11.3 Å². The van der Waals surface area contributed by atoms with E-state index in [4.69, 9.17) is 0 Å². The Kier molecular flexibility index (Phi) is 6.00. The van der Waals surface area contributed by atoms with Crippen molar-refractivity contribution in [2.75, 3.05) is 46.1 Å². The molecule has 0 aliphatic carbocycles. The third-order valence-electron chi connectivity index (χ3n) is 2.38. The molecule has 0 radical (unpaired) electrons. The quantitative estimate of drug-likeness (QED) is 0.801. The molecule has 1 N–H and O–H groups in total. The molecule has 6 nitrogen and oxygen atoms in total. The van der Waals surface area contributed by atoms with Crippen LogP contribution in [0.15, 0.2) is 0 Å². The molecule has 1 amide bonds. The van der Waals surface area contributed by atoms with E-state index in [1.54, 1.807) is 11.9 Å². The van der Waals surface area contributed by atoms with E-state index in [0.29, 0.717) is 10.1 Å². The Morgan fingerprint density at radius 3 is 2.61 bits per heavy atom. The predicted molar refractivity (Wildman–Crippen MR) is 74.2 cm³/mol. The van der Waals surface area contributed by atoms with Gasteiger partial charge in [0.2, 0.25) is 10.1 Å². The second kappa shape index (κ2) is 7.27. The van der Waals surface area contributed by atoms with Gasteiger partial charge in [0.15, 0.2) is 0 Å². The van der Waals surface area contributed by atoms with Gasteiger partial charge in [-0.1, -0.05) is 11.3 Å². The molecule has 0 bridgehead atoms. The summed E-state index contributed by atoms with van der Waals surface area (Å²) in [4.78, 5) is 15.8. The first kappa shape index (κ1) is 14.8. The van der Waals surface area contributed by atoms with Crippen LogP contribution in [0.25, 0.3) is 0 Å². The lowest BCUT2D eigenvalue weighted by Crippen LogP contribution is -2.29. The maximum atomic E-state index is 12.0. The van der Waals surface area contributed by atoms with Gasteiger partial charge in [0.1, 0.15) is 0 Å². The van der Waals surface area contributed by atoms with Crippen molar-refractivity contribution in [2.24, 2.45) is 0 Å². The van der Waals surface area contributed by atoms with Gasteiger partial charge in [-0.15, -0.1) is 10.2 Å². The van der Waals surface area contributed by atoms with Crippen molar-refractivity contribution in [1.82, 2.24) is 20.0 Å². The summed E-state index contributed by atoms with van der Waals surface area (Å²) in [7, 11) is 5.84. The number of carbonyl (C=O) groups excluding carboxylic acids is 1. The molecule has 102 valence electrons. The number of hydrogen-bond donors (Lipinski definition) is 1. The highest BCUT2D eigenvalue weighted by molar-refractivity contribution is 7.17. The van der Waals surface area contributed by atoms with Crippen molar-refractivity contribution in [3.63, 3.8) is 0 Å². The van der Waals surface area contributed by atoms with Gasteiger partial charge in [-0.2, -0.15) is 0 Å². The number of rotatable bonds is 7. The van der Waals surface area contributed by atoms with E-state index in [1.807, 2.05) is 21.0 Å². The minimum atomic E-state index is -0.0598. The molecule has 0 saturated carbocycles. The molecule has 0 aliphatic heterocycles. The summed E-state index contributed by atoms with van der Waals surface area (Å²) in [6, 6.07) is 0. The number of anilines is 1. The number of carbonyl (C=O) groups is 1. The SMILES string of the molecule is CCNc1nnc(C(=O)N(C)CCCN(C)C)s1. The molecule has 0 atom stereocenters. The third-order valence-corrected chi connectivity index (χ3v) is 3.25. The lowest BCUT2D eigenvalue weighted by Gasteiger charge is -2.16. The normalized spacial score (nSPS) is 10.7. The summed E-state index contributed by atoms with van der Waals surface area (Å²) in [5.74, 6) is -0.0598. The van der Waals surface area contributed by atoms with Crippen molar-refractivity contribution in [1.29, 1.82) is 0 Å². The summed E-state index contributed by atoms with van der Waals surface area (Å²) in [5.41, 5.74) is 0. The second-order valence-corrected chi connectivity index (χ2v) is 5.30. The predicted octanol–water partition coefficient (Wildman–Crippen LogP) is 0.994. The summed E-state index contributed by atoms with van der Waals surface area (Å²) in [6.07, 6.45) is 0.952. The van der Waals surface area contributed by atoms with E-state index in [2.05, 4.69) is 20.4 Å². The van der Waals surface area contributed by atoms with Crippen molar-refractivity contribution in [3.8, 4) is 0 Å². The molecule has 7 heteroatoms. The van der Waals surface area contributed by atoms with Crippen LogP contribution in [0.1, 0.15) is 23.1 Å². The summed E-state index contributed by atoms with van der Waals surface area (Å²) >= 11 is 1.30. The zero-order valence-electron chi connectivity index (χ0n) is 11.4. The number of nitrogens with zero attached hydrogens (tertiary/aromatic N) is 4. The Hall–Kier alpha value is -1.21. The van der Waals surface area contributed by atoms with Crippen LogP contribution in [-0.4, -0.2) is 66.7 Å². The van der Waals surface area contributed by atoms with Crippen LogP contribution in [0, 0.1) is 0 Å². The van der Waals surface area contributed by atoms with Gasteiger partial charge in [-0.05, 0) is 34.0 Å². The molecule has 0 fully saturated rings. The Balaban J connectivity index is 2.46. The largest absolute Gasteiger partial charge is 0.360 e. The molecule has 0 spiro atoms. The van der Waals surface area contributed by atoms with Crippen molar-refractivity contribution in [3.05, 3.63) is 5.01 Å². The topological polar surface area (TPSA) is 61.4 Å². The highest BCUT2D eigenvalue weighted by Crippen LogP contribution is 2.16. The van der Waals surface area contributed by atoms with Crippen LogP contribution in [0.4, 0.5) is 5.13 Å². The maximum absolute atomic E-state index is 12.0. The minimum absolute atomic E-state index is 0.0598. The number of hydrogen-bond acceptors (Lipinski definition) is 6. The lowest BCUT2D eigenvalue weighted by molar-refractivity contribution is 0.0789. The molecule has 1 rings (SSSR count). The highest BCUT2D eigenvalue weighted by Gasteiger charge is 2.16. The number of amides is 1. The van der Waals surface area contributed by atoms with E-state index in [0.717, 1.165) is 26.1 Å². The Morgan fingerprint density at radius 2 is 2.00 bits per heavy atom. The van der Waals surface area contributed by atoms with Crippen molar-refractivity contribution < 1.29 is 4.79 Å². The molecule has 0 aliphatic rings. The monoisotopic (exact) mass is 271 g/mol. The Morgan fingerprint density at radius 1 is 1.28 bits per heavy atom. The molecule has 0 unspecified atom stereocenters. The van der Waals surface area contributed by atoms with E-state index in [9.17, 15) is 4.79 Å². The standard InChI is InChI=1S/C11H21N5OS/c1-5-12-11-14-13-9(18-11)10(17)16(4)8-6-7-15(2)3/h5-8H2,1-4H3,(H,12,14). The van der Waals surface area contributed by atoms with E-state index >= 15 is 0 Å². The van der Waals surface area contributed by atoms with Crippen molar-refractivity contribution >= 4 is 22.4 Å². The summed E-state index contributed by atoms with van der Waals surface area (Å²) in [6.45, 7) is 4.46. The average molecular weight is 271 g/mol. The second-order valence-electron chi connectivity index (χ2n) is 4.33. The first-order valence-electron chi connectivity index (χ1n) is 6.02.